The number of aryl methyl sites for hydroxylation is 3. The van der Waals surface area contributed by atoms with E-state index >= 15 is 0 Å². The highest BCUT2D eigenvalue weighted by Crippen LogP contribution is 2.24. The molecule has 0 amide bonds. The normalized spacial score (nSPS) is 12.9. The maximum absolute atomic E-state index is 5.81. The Hall–Kier alpha value is -0.530. The third-order valence-electron chi connectivity index (χ3n) is 3.00. The number of rotatable bonds is 4. The zero-order valence-electron chi connectivity index (χ0n) is 10.0. The predicted molar refractivity (Wildman–Crippen MR) is 67.8 cm³/mol. The Kier molecular flexibility index (Phi) is 4.62. The standard InChI is InChI=1S/C13H20ClN/c1-9-7-11(3)12(8-10(9)2)13(15-4)5-6-14/h7-8,13,15H,5-6H2,1-4H3. The van der Waals surface area contributed by atoms with Gasteiger partial charge in [0.05, 0.1) is 0 Å². The summed E-state index contributed by atoms with van der Waals surface area (Å²) in [6.07, 6.45) is 0.974. The molecule has 1 aromatic rings. The van der Waals surface area contributed by atoms with Crippen molar-refractivity contribution in [2.75, 3.05) is 12.9 Å². The summed E-state index contributed by atoms with van der Waals surface area (Å²) in [7, 11) is 1.99. The van der Waals surface area contributed by atoms with Crippen LogP contribution >= 0.6 is 11.6 Å². The molecule has 1 aromatic carbocycles. The molecule has 0 aliphatic carbocycles. The van der Waals surface area contributed by atoms with Crippen molar-refractivity contribution >= 4 is 11.6 Å². The van der Waals surface area contributed by atoms with E-state index in [1.807, 2.05) is 7.05 Å². The van der Waals surface area contributed by atoms with E-state index < -0.39 is 0 Å². The molecule has 1 atom stereocenters. The molecule has 0 bridgehead atoms. The molecule has 0 fully saturated rings. The Morgan fingerprint density at radius 1 is 1.13 bits per heavy atom. The van der Waals surface area contributed by atoms with Crippen molar-refractivity contribution < 1.29 is 0 Å². The van der Waals surface area contributed by atoms with Crippen LogP contribution < -0.4 is 5.32 Å². The number of hydrogen-bond acceptors (Lipinski definition) is 1. The monoisotopic (exact) mass is 225 g/mol. The molecule has 1 unspecified atom stereocenters. The van der Waals surface area contributed by atoms with Crippen molar-refractivity contribution in [2.45, 2.75) is 33.2 Å². The third kappa shape index (κ3) is 2.96. The maximum atomic E-state index is 5.81. The van der Waals surface area contributed by atoms with E-state index in [4.69, 9.17) is 11.6 Å². The largest absolute Gasteiger partial charge is 0.313 e. The fourth-order valence-corrected chi connectivity index (χ4v) is 2.14. The van der Waals surface area contributed by atoms with E-state index in [1.165, 1.54) is 22.3 Å². The maximum Gasteiger partial charge on any atom is 0.0331 e. The van der Waals surface area contributed by atoms with E-state index in [0.717, 1.165) is 6.42 Å². The minimum Gasteiger partial charge on any atom is -0.313 e. The molecular weight excluding hydrogens is 206 g/mol. The number of alkyl halides is 1. The first-order valence-corrected chi connectivity index (χ1v) is 5.94. The van der Waals surface area contributed by atoms with E-state index in [9.17, 15) is 0 Å². The topological polar surface area (TPSA) is 12.0 Å². The molecule has 1 nitrogen and oxygen atoms in total. The van der Waals surface area contributed by atoms with Crippen LogP contribution in [0.5, 0.6) is 0 Å². The zero-order chi connectivity index (χ0) is 11.4. The van der Waals surface area contributed by atoms with Gasteiger partial charge in [-0.25, -0.2) is 0 Å². The molecular formula is C13H20ClN. The van der Waals surface area contributed by atoms with E-state index in [-0.39, 0.29) is 0 Å². The Labute approximate surface area is 97.8 Å². The van der Waals surface area contributed by atoms with Crippen molar-refractivity contribution in [1.29, 1.82) is 0 Å². The van der Waals surface area contributed by atoms with Crippen LogP contribution in [-0.2, 0) is 0 Å². The molecule has 0 saturated carbocycles. The van der Waals surface area contributed by atoms with Gasteiger partial charge in [-0.15, -0.1) is 11.6 Å². The number of nitrogens with one attached hydrogen (secondary N) is 1. The number of hydrogen-bond donors (Lipinski definition) is 1. The second kappa shape index (κ2) is 5.53. The van der Waals surface area contributed by atoms with E-state index in [1.54, 1.807) is 0 Å². The van der Waals surface area contributed by atoms with Gasteiger partial charge in [0.25, 0.3) is 0 Å². The SMILES string of the molecule is CNC(CCCl)c1cc(C)c(C)cc1C. The van der Waals surface area contributed by atoms with Crippen LogP contribution in [0.4, 0.5) is 0 Å². The van der Waals surface area contributed by atoms with Crippen LogP contribution in [0.25, 0.3) is 0 Å². The van der Waals surface area contributed by atoms with Crippen molar-refractivity contribution in [3.63, 3.8) is 0 Å². The Morgan fingerprint density at radius 2 is 1.73 bits per heavy atom. The van der Waals surface area contributed by atoms with Crippen LogP contribution in [0.2, 0.25) is 0 Å². The zero-order valence-corrected chi connectivity index (χ0v) is 10.8. The van der Waals surface area contributed by atoms with Crippen molar-refractivity contribution in [1.82, 2.24) is 5.32 Å². The summed E-state index contributed by atoms with van der Waals surface area (Å²) < 4.78 is 0. The first-order valence-electron chi connectivity index (χ1n) is 5.41. The lowest BCUT2D eigenvalue weighted by Crippen LogP contribution is -2.18. The van der Waals surface area contributed by atoms with Gasteiger partial charge in [0.1, 0.15) is 0 Å². The molecule has 0 radical (unpaired) electrons. The van der Waals surface area contributed by atoms with Crippen molar-refractivity contribution in [3.8, 4) is 0 Å². The van der Waals surface area contributed by atoms with Crippen molar-refractivity contribution in [3.05, 3.63) is 34.4 Å². The average Bonchev–Trinajstić information content (AvgIpc) is 2.20. The van der Waals surface area contributed by atoms with Gasteiger partial charge in [-0.1, -0.05) is 12.1 Å². The minimum atomic E-state index is 0.377. The van der Waals surface area contributed by atoms with Gasteiger partial charge >= 0.3 is 0 Å². The summed E-state index contributed by atoms with van der Waals surface area (Å²) in [5.74, 6) is 0.692. The Bertz CT molecular complexity index is 334. The molecule has 0 aliphatic rings. The first kappa shape index (κ1) is 12.5. The summed E-state index contributed by atoms with van der Waals surface area (Å²) >= 11 is 5.81. The van der Waals surface area contributed by atoms with Gasteiger partial charge in [-0.2, -0.15) is 0 Å². The van der Waals surface area contributed by atoms with Gasteiger partial charge < -0.3 is 5.32 Å². The average molecular weight is 226 g/mol. The second-order valence-electron chi connectivity index (χ2n) is 4.11. The summed E-state index contributed by atoms with van der Waals surface area (Å²) in [5.41, 5.74) is 5.44. The molecule has 1 rings (SSSR count). The lowest BCUT2D eigenvalue weighted by atomic mass is 9.94. The van der Waals surface area contributed by atoms with Gasteiger partial charge in [0, 0.05) is 11.9 Å². The minimum absolute atomic E-state index is 0.377. The molecule has 0 heterocycles. The molecule has 0 aromatic heterocycles. The van der Waals surface area contributed by atoms with Gasteiger partial charge in [0.15, 0.2) is 0 Å². The fraction of sp³-hybridized carbons (Fsp3) is 0.538. The molecule has 2 heteroatoms. The van der Waals surface area contributed by atoms with E-state index in [2.05, 4.69) is 38.2 Å². The van der Waals surface area contributed by atoms with Crippen LogP contribution in [0.1, 0.15) is 34.7 Å². The summed E-state index contributed by atoms with van der Waals surface area (Å²) in [6, 6.07) is 4.91. The predicted octanol–water partition coefficient (Wildman–Crippen LogP) is 3.50. The third-order valence-corrected chi connectivity index (χ3v) is 3.22. The highest BCUT2D eigenvalue weighted by atomic mass is 35.5. The van der Waals surface area contributed by atoms with E-state index in [0.29, 0.717) is 11.9 Å². The number of halogens is 1. The molecule has 15 heavy (non-hydrogen) atoms. The second-order valence-corrected chi connectivity index (χ2v) is 4.49. The molecule has 84 valence electrons. The van der Waals surface area contributed by atoms with Crippen molar-refractivity contribution in [2.24, 2.45) is 0 Å². The summed E-state index contributed by atoms with van der Waals surface area (Å²) in [5, 5.41) is 3.32. The first-order chi connectivity index (χ1) is 7.10. The highest BCUT2D eigenvalue weighted by Gasteiger charge is 2.11. The van der Waals surface area contributed by atoms with Crippen LogP contribution in [0.15, 0.2) is 12.1 Å². The van der Waals surface area contributed by atoms with Crippen LogP contribution in [0, 0.1) is 20.8 Å². The highest BCUT2D eigenvalue weighted by molar-refractivity contribution is 6.17. The number of benzene rings is 1. The Balaban J connectivity index is 3.06. The van der Waals surface area contributed by atoms with Gasteiger partial charge in [0.2, 0.25) is 0 Å². The van der Waals surface area contributed by atoms with Gasteiger partial charge in [-0.05, 0) is 56.5 Å². The smallest absolute Gasteiger partial charge is 0.0331 e. The quantitative estimate of drug-likeness (QED) is 0.774. The fourth-order valence-electron chi connectivity index (χ4n) is 1.92. The Morgan fingerprint density at radius 3 is 2.27 bits per heavy atom. The molecule has 0 saturated heterocycles. The molecule has 1 N–H and O–H groups in total. The lowest BCUT2D eigenvalue weighted by Gasteiger charge is -2.19. The van der Waals surface area contributed by atoms with Gasteiger partial charge in [-0.3, -0.25) is 0 Å². The lowest BCUT2D eigenvalue weighted by molar-refractivity contribution is 0.576. The van der Waals surface area contributed by atoms with Crippen LogP contribution in [-0.4, -0.2) is 12.9 Å². The van der Waals surface area contributed by atoms with Crippen LogP contribution in [0.3, 0.4) is 0 Å². The molecule has 0 aliphatic heterocycles. The summed E-state index contributed by atoms with van der Waals surface area (Å²) in [4.78, 5) is 0. The molecule has 0 spiro atoms. The summed E-state index contributed by atoms with van der Waals surface area (Å²) in [6.45, 7) is 6.48.